The van der Waals surface area contributed by atoms with E-state index in [1.54, 1.807) is 7.11 Å². The quantitative estimate of drug-likeness (QED) is 0.739. The summed E-state index contributed by atoms with van der Waals surface area (Å²) in [7, 11) is 1.70. The Morgan fingerprint density at radius 1 is 1.00 bits per heavy atom. The lowest BCUT2D eigenvalue weighted by Crippen LogP contribution is -2.39. The third-order valence-electron chi connectivity index (χ3n) is 5.27. The molecule has 3 rings (SSSR count). The Hall–Kier alpha value is -1.71. The second-order valence-corrected chi connectivity index (χ2v) is 7.19. The van der Waals surface area contributed by atoms with E-state index in [2.05, 4.69) is 24.9 Å². The number of hydrazone groups is 1. The molecule has 0 radical (unpaired) electrons. The van der Waals surface area contributed by atoms with Crippen LogP contribution in [-0.4, -0.2) is 36.5 Å². The summed E-state index contributed by atoms with van der Waals surface area (Å²) in [5.74, 6) is 1.65. The molecular weight excluding hydrogens is 300 g/mol. The van der Waals surface area contributed by atoms with Gasteiger partial charge in [-0.1, -0.05) is 0 Å². The molecule has 1 aliphatic carbocycles. The molecule has 4 heteroatoms. The zero-order valence-electron chi connectivity index (χ0n) is 15.2. The number of hydrogen-bond donors (Lipinski definition) is 0. The summed E-state index contributed by atoms with van der Waals surface area (Å²) in [6.07, 6.45) is 10.8. The molecule has 0 amide bonds. The van der Waals surface area contributed by atoms with Gasteiger partial charge in [0.25, 0.3) is 0 Å². The fourth-order valence-corrected chi connectivity index (χ4v) is 3.82. The van der Waals surface area contributed by atoms with Crippen LogP contribution in [0.1, 0.15) is 64.4 Å². The van der Waals surface area contributed by atoms with Crippen LogP contribution in [0, 0.1) is 0 Å². The number of methoxy groups -OCH3 is 1. The van der Waals surface area contributed by atoms with Crippen LogP contribution in [0.25, 0.3) is 0 Å². The Morgan fingerprint density at radius 2 is 1.71 bits per heavy atom. The molecule has 1 saturated carbocycles. The largest absolute Gasteiger partial charge is 0.493 e. The van der Waals surface area contributed by atoms with Gasteiger partial charge in [0.15, 0.2) is 11.5 Å². The summed E-state index contributed by atoms with van der Waals surface area (Å²) in [5.41, 5.74) is 1.06. The Balaban J connectivity index is 1.74. The van der Waals surface area contributed by atoms with Crippen LogP contribution in [0.15, 0.2) is 23.3 Å². The van der Waals surface area contributed by atoms with Gasteiger partial charge < -0.3 is 9.47 Å². The van der Waals surface area contributed by atoms with Crippen molar-refractivity contribution in [2.24, 2.45) is 5.10 Å². The third-order valence-corrected chi connectivity index (χ3v) is 5.27. The number of ether oxygens (including phenoxy) is 2. The lowest BCUT2D eigenvalue weighted by Gasteiger charge is -2.36. The predicted molar refractivity (Wildman–Crippen MR) is 98.1 cm³/mol. The van der Waals surface area contributed by atoms with Crippen LogP contribution in [0.3, 0.4) is 0 Å². The summed E-state index contributed by atoms with van der Waals surface area (Å²) < 4.78 is 11.6. The first-order valence-corrected chi connectivity index (χ1v) is 9.34. The van der Waals surface area contributed by atoms with E-state index in [0.717, 1.165) is 29.9 Å². The van der Waals surface area contributed by atoms with Gasteiger partial charge in [-0.25, -0.2) is 0 Å². The average Bonchev–Trinajstić information content (AvgIpc) is 3.08. The molecule has 0 unspecified atom stereocenters. The molecular formula is C20H30N2O2. The first-order valence-electron chi connectivity index (χ1n) is 9.34. The lowest BCUT2D eigenvalue weighted by molar-refractivity contribution is 0.109. The van der Waals surface area contributed by atoms with Gasteiger partial charge in [0, 0.05) is 12.1 Å². The van der Waals surface area contributed by atoms with Crippen molar-refractivity contribution in [2.75, 3.05) is 7.11 Å². The van der Waals surface area contributed by atoms with Crippen LogP contribution in [0.2, 0.25) is 0 Å². The van der Waals surface area contributed by atoms with Gasteiger partial charge in [-0.2, -0.15) is 5.10 Å². The highest BCUT2D eigenvalue weighted by Crippen LogP contribution is 2.32. The second kappa shape index (κ2) is 7.91. The van der Waals surface area contributed by atoms with Crippen molar-refractivity contribution in [1.29, 1.82) is 0 Å². The van der Waals surface area contributed by atoms with E-state index in [4.69, 9.17) is 14.6 Å². The maximum Gasteiger partial charge on any atom is 0.162 e. The molecule has 0 aromatic heterocycles. The number of benzene rings is 1. The molecule has 2 fully saturated rings. The van der Waals surface area contributed by atoms with Crippen molar-refractivity contribution in [3.63, 3.8) is 0 Å². The first kappa shape index (κ1) is 17.1. The number of hydrogen-bond acceptors (Lipinski definition) is 4. The van der Waals surface area contributed by atoms with E-state index in [1.807, 2.05) is 18.3 Å². The van der Waals surface area contributed by atoms with E-state index in [1.165, 1.54) is 32.1 Å². The smallest absolute Gasteiger partial charge is 0.162 e. The van der Waals surface area contributed by atoms with E-state index in [-0.39, 0.29) is 0 Å². The molecule has 0 N–H and O–H groups in total. The Bertz CT molecular complexity index is 557. The van der Waals surface area contributed by atoms with E-state index >= 15 is 0 Å². The molecule has 1 aliphatic heterocycles. The fraction of sp³-hybridized carbons (Fsp3) is 0.650. The summed E-state index contributed by atoms with van der Waals surface area (Å²) >= 11 is 0. The molecule has 1 saturated heterocycles. The Kier molecular flexibility index (Phi) is 5.64. The van der Waals surface area contributed by atoms with Crippen LogP contribution < -0.4 is 9.47 Å². The van der Waals surface area contributed by atoms with Crippen LogP contribution in [0.4, 0.5) is 0 Å². The minimum absolute atomic E-state index is 0.327. The summed E-state index contributed by atoms with van der Waals surface area (Å²) in [5, 5.41) is 7.00. The molecule has 0 bridgehead atoms. The second-order valence-electron chi connectivity index (χ2n) is 7.19. The zero-order chi connectivity index (χ0) is 16.9. The van der Waals surface area contributed by atoms with E-state index in [0.29, 0.717) is 18.2 Å². The molecule has 1 aromatic rings. The molecule has 2 aliphatic rings. The standard InChI is InChI=1S/C20H30N2O2/c1-15-7-6-8-16(2)22(15)21-14-17-11-12-19(23-3)20(13-17)24-18-9-4-5-10-18/h11-16,18H,4-10H2,1-3H3/b21-14+/t15-,16+. The summed E-state index contributed by atoms with van der Waals surface area (Å²) in [6.45, 7) is 4.52. The SMILES string of the molecule is COc1ccc(/C=N/N2[C@H](C)CCC[C@@H]2C)cc1OC1CCCC1. The van der Waals surface area contributed by atoms with E-state index in [9.17, 15) is 0 Å². The van der Waals surface area contributed by atoms with Crippen molar-refractivity contribution < 1.29 is 9.47 Å². The molecule has 0 spiro atoms. The topological polar surface area (TPSA) is 34.1 Å². The van der Waals surface area contributed by atoms with Gasteiger partial charge in [0.05, 0.1) is 19.4 Å². The summed E-state index contributed by atoms with van der Waals surface area (Å²) in [4.78, 5) is 0. The molecule has 132 valence electrons. The predicted octanol–water partition coefficient (Wildman–Crippen LogP) is 4.61. The van der Waals surface area contributed by atoms with Gasteiger partial charge in [-0.05, 0) is 82.6 Å². The fourth-order valence-electron chi connectivity index (χ4n) is 3.82. The Labute approximate surface area is 145 Å². The van der Waals surface area contributed by atoms with Crippen LogP contribution in [0.5, 0.6) is 11.5 Å². The molecule has 2 atom stereocenters. The Morgan fingerprint density at radius 3 is 2.38 bits per heavy atom. The molecule has 4 nitrogen and oxygen atoms in total. The molecule has 1 aromatic carbocycles. The third kappa shape index (κ3) is 4.03. The van der Waals surface area contributed by atoms with Crippen molar-refractivity contribution >= 4 is 6.21 Å². The van der Waals surface area contributed by atoms with Crippen molar-refractivity contribution in [3.05, 3.63) is 23.8 Å². The highest BCUT2D eigenvalue weighted by Gasteiger charge is 2.23. The van der Waals surface area contributed by atoms with Gasteiger partial charge in [0.2, 0.25) is 0 Å². The normalized spacial score (nSPS) is 25.4. The molecule has 1 heterocycles. The minimum Gasteiger partial charge on any atom is -0.493 e. The average molecular weight is 330 g/mol. The number of nitrogens with zero attached hydrogens (tertiary/aromatic N) is 2. The van der Waals surface area contributed by atoms with Crippen molar-refractivity contribution in [2.45, 2.75) is 77.0 Å². The van der Waals surface area contributed by atoms with Gasteiger partial charge in [-0.15, -0.1) is 0 Å². The van der Waals surface area contributed by atoms with Crippen molar-refractivity contribution in [3.8, 4) is 11.5 Å². The van der Waals surface area contributed by atoms with Gasteiger partial charge >= 0.3 is 0 Å². The highest BCUT2D eigenvalue weighted by molar-refractivity contribution is 5.80. The maximum atomic E-state index is 6.17. The summed E-state index contributed by atoms with van der Waals surface area (Å²) in [6, 6.07) is 7.10. The van der Waals surface area contributed by atoms with Crippen LogP contribution in [-0.2, 0) is 0 Å². The molecule has 24 heavy (non-hydrogen) atoms. The maximum absolute atomic E-state index is 6.17. The van der Waals surface area contributed by atoms with Crippen molar-refractivity contribution in [1.82, 2.24) is 5.01 Å². The van der Waals surface area contributed by atoms with Gasteiger partial charge in [0.1, 0.15) is 0 Å². The minimum atomic E-state index is 0.327. The van der Waals surface area contributed by atoms with Crippen LogP contribution >= 0.6 is 0 Å². The zero-order valence-corrected chi connectivity index (χ0v) is 15.2. The first-order chi connectivity index (χ1) is 11.7. The number of rotatable bonds is 5. The van der Waals surface area contributed by atoms with Gasteiger partial charge in [-0.3, -0.25) is 5.01 Å². The van der Waals surface area contributed by atoms with E-state index < -0.39 is 0 Å². The number of piperidine rings is 1. The highest BCUT2D eigenvalue weighted by atomic mass is 16.5. The monoisotopic (exact) mass is 330 g/mol. The lowest BCUT2D eigenvalue weighted by atomic mass is 10.00.